The molecule has 1 fully saturated rings. The molecule has 0 aromatic heterocycles. The molecule has 2 rings (SSSR count). The Hall–Kier alpha value is -1.24. The van der Waals surface area contributed by atoms with Gasteiger partial charge in [0.15, 0.2) is 5.79 Å². The van der Waals surface area contributed by atoms with Gasteiger partial charge < -0.3 is 19.9 Å². The number of amides is 1. The first-order valence-electron chi connectivity index (χ1n) is 7.26. The molecule has 0 saturated carbocycles. The fraction of sp³-hybridized carbons (Fsp3) is 0.562. The van der Waals surface area contributed by atoms with Crippen molar-refractivity contribution in [3.8, 4) is 0 Å². The van der Waals surface area contributed by atoms with Gasteiger partial charge in [0.2, 0.25) is 0 Å². The van der Waals surface area contributed by atoms with Gasteiger partial charge in [-0.05, 0) is 32.1 Å². The monoisotopic (exact) mass is 325 g/mol. The molecule has 1 aliphatic rings. The molecule has 5 nitrogen and oxygen atoms in total. The number of ether oxygens (including phenoxy) is 3. The number of thioether (sulfide) groups is 1. The molecule has 2 N–H and O–H groups in total. The van der Waals surface area contributed by atoms with Crippen LogP contribution in [0.3, 0.4) is 0 Å². The van der Waals surface area contributed by atoms with Crippen LogP contribution in [0.25, 0.3) is 0 Å². The largest absolute Gasteiger partial charge is 0.442 e. The number of benzene rings is 1. The van der Waals surface area contributed by atoms with Crippen LogP contribution in [-0.2, 0) is 20.6 Å². The van der Waals surface area contributed by atoms with Crippen LogP contribution in [0.4, 0.5) is 4.79 Å². The summed E-state index contributed by atoms with van der Waals surface area (Å²) in [7, 11) is 0. The van der Waals surface area contributed by atoms with Crippen molar-refractivity contribution in [2.75, 3.05) is 12.9 Å². The highest BCUT2D eigenvalue weighted by molar-refractivity contribution is 7.99. The molecule has 122 valence electrons. The fourth-order valence-corrected chi connectivity index (χ4v) is 3.44. The van der Waals surface area contributed by atoms with Crippen LogP contribution in [0, 0.1) is 0 Å². The Kier molecular flexibility index (Phi) is 5.72. The number of hydrogen-bond donors (Lipinski definition) is 1. The SMILES string of the molecule is CS[C@@H](Cc1ccccc1)C(OC(N)=O)[C@@H]1COC(C)(C)O1. The molecule has 6 heteroatoms. The van der Waals surface area contributed by atoms with Gasteiger partial charge in [0.1, 0.15) is 12.2 Å². The second kappa shape index (κ2) is 7.35. The van der Waals surface area contributed by atoms with Crippen LogP contribution >= 0.6 is 11.8 Å². The first-order chi connectivity index (χ1) is 10.4. The highest BCUT2D eigenvalue weighted by Crippen LogP contribution is 2.31. The average molecular weight is 325 g/mol. The van der Waals surface area contributed by atoms with Crippen LogP contribution in [0.15, 0.2) is 30.3 Å². The maximum atomic E-state index is 11.3. The van der Waals surface area contributed by atoms with Gasteiger partial charge in [-0.25, -0.2) is 4.79 Å². The van der Waals surface area contributed by atoms with Crippen molar-refractivity contribution in [3.63, 3.8) is 0 Å². The lowest BCUT2D eigenvalue weighted by molar-refractivity contribution is -0.150. The maximum Gasteiger partial charge on any atom is 0.404 e. The van der Waals surface area contributed by atoms with E-state index in [0.29, 0.717) is 6.61 Å². The second-order valence-electron chi connectivity index (χ2n) is 5.73. The minimum atomic E-state index is -0.787. The van der Waals surface area contributed by atoms with Gasteiger partial charge in [0, 0.05) is 5.25 Å². The van der Waals surface area contributed by atoms with Gasteiger partial charge in [0.05, 0.1) is 6.61 Å². The predicted octanol–water partition coefficient (Wildman–Crippen LogP) is 2.58. The molecular formula is C16H23NO4S. The molecule has 0 radical (unpaired) electrons. The Balaban J connectivity index is 2.13. The van der Waals surface area contributed by atoms with Gasteiger partial charge in [-0.1, -0.05) is 30.3 Å². The van der Waals surface area contributed by atoms with Crippen LogP contribution < -0.4 is 5.73 Å². The van der Waals surface area contributed by atoms with Crippen molar-refractivity contribution in [1.82, 2.24) is 0 Å². The summed E-state index contributed by atoms with van der Waals surface area (Å²) in [6.45, 7) is 4.08. The summed E-state index contributed by atoms with van der Waals surface area (Å²) in [6.07, 6.45) is 1.20. The van der Waals surface area contributed by atoms with Crippen molar-refractivity contribution in [2.45, 2.75) is 43.5 Å². The number of primary amides is 1. The van der Waals surface area contributed by atoms with E-state index >= 15 is 0 Å². The van der Waals surface area contributed by atoms with Crippen molar-refractivity contribution in [1.29, 1.82) is 0 Å². The summed E-state index contributed by atoms with van der Waals surface area (Å²) in [5.74, 6) is -0.667. The average Bonchev–Trinajstić information content (AvgIpc) is 2.83. The lowest BCUT2D eigenvalue weighted by Crippen LogP contribution is -2.43. The van der Waals surface area contributed by atoms with E-state index in [4.69, 9.17) is 19.9 Å². The normalized spacial score (nSPS) is 23.0. The Bertz CT molecular complexity index is 494. The Morgan fingerprint density at radius 3 is 2.64 bits per heavy atom. The number of rotatable bonds is 6. The van der Waals surface area contributed by atoms with Gasteiger partial charge in [-0.15, -0.1) is 0 Å². The molecule has 1 aromatic carbocycles. The summed E-state index contributed by atoms with van der Waals surface area (Å²) in [5.41, 5.74) is 6.43. The first-order valence-corrected chi connectivity index (χ1v) is 8.54. The van der Waals surface area contributed by atoms with E-state index in [-0.39, 0.29) is 11.4 Å². The zero-order chi connectivity index (χ0) is 16.2. The molecule has 1 aromatic rings. The molecular weight excluding hydrogens is 302 g/mol. The van der Waals surface area contributed by atoms with Crippen molar-refractivity contribution in [2.24, 2.45) is 5.73 Å². The third kappa shape index (κ3) is 4.63. The minimum Gasteiger partial charge on any atom is -0.442 e. The molecule has 1 aliphatic heterocycles. The third-order valence-electron chi connectivity index (χ3n) is 3.60. The van der Waals surface area contributed by atoms with Crippen LogP contribution in [0.2, 0.25) is 0 Å². The van der Waals surface area contributed by atoms with Gasteiger partial charge in [-0.3, -0.25) is 0 Å². The van der Waals surface area contributed by atoms with Crippen molar-refractivity contribution >= 4 is 17.9 Å². The van der Waals surface area contributed by atoms with E-state index in [1.54, 1.807) is 11.8 Å². The number of nitrogens with two attached hydrogens (primary N) is 1. The first kappa shape index (κ1) is 17.1. The highest BCUT2D eigenvalue weighted by atomic mass is 32.2. The molecule has 0 spiro atoms. The summed E-state index contributed by atoms with van der Waals surface area (Å²) in [5, 5.41) is 0.0393. The predicted molar refractivity (Wildman–Crippen MR) is 86.8 cm³/mol. The van der Waals surface area contributed by atoms with Crippen LogP contribution in [0.5, 0.6) is 0 Å². The number of hydrogen-bond acceptors (Lipinski definition) is 5. The topological polar surface area (TPSA) is 70.8 Å². The molecule has 1 saturated heterocycles. The fourth-order valence-electron chi connectivity index (χ4n) is 2.58. The summed E-state index contributed by atoms with van der Waals surface area (Å²) < 4.78 is 16.8. The quantitative estimate of drug-likeness (QED) is 0.870. The van der Waals surface area contributed by atoms with Gasteiger partial charge in [-0.2, -0.15) is 11.8 Å². The zero-order valence-electron chi connectivity index (χ0n) is 13.2. The molecule has 1 heterocycles. The Morgan fingerprint density at radius 1 is 1.45 bits per heavy atom. The Labute approximate surface area is 135 Å². The number of carbonyl (C=O) groups is 1. The van der Waals surface area contributed by atoms with Crippen LogP contribution in [0.1, 0.15) is 19.4 Å². The highest BCUT2D eigenvalue weighted by Gasteiger charge is 2.42. The summed E-state index contributed by atoms with van der Waals surface area (Å²) in [6, 6.07) is 10.1. The lowest BCUT2D eigenvalue weighted by atomic mass is 10.0. The number of carbonyl (C=O) groups excluding carboxylic acids is 1. The lowest BCUT2D eigenvalue weighted by Gasteiger charge is -2.29. The summed E-state index contributed by atoms with van der Waals surface area (Å²) >= 11 is 1.63. The Morgan fingerprint density at radius 2 is 2.14 bits per heavy atom. The van der Waals surface area contributed by atoms with E-state index in [1.807, 2.05) is 38.3 Å². The molecule has 22 heavy (non-hydrogen) atoms. The van der Waals surface area contributed by atoms with E-state index in [2.05, 4.69) is 12.1 Å². The second-order valence-corrected chi connectivity index (χ2v) is 6.81. The summed E-state index contributed by atoms with van der Waals surface area (Å²) in [4.78, 5) is 11.3. The van der Waals surface area contributed by atoms with Crippen LogP contribution in [-0.4, -0.2) is 42.2 Å². The third-order valence-corrected chi connectivity index (χ3v) is 4.64. The van der Waals surface area contributed by atoms with Gasteiger partial charge >= 0.3 is 6.09 Å². The van der Waals surface area contributed by atoms with E-state index in [9.17, 15) is 4.79 Å². The van der Waals surface area contributed by atoms with Crippen molar-refractivity contribution in [3.05, 3.63) is 35.9 Å². The zero-order valence-corrected chi connectivity index (χ0v) is 14.0. The molecule has 0 aliphatic carbocycles. The molecule has 3 atom stereocenters. The molecule has 1 unspecified atom stereocenters. The molecule has 0 bridgehead atoms. The molecule has 1 amide bonds. The smallest absolute Gasteiger partial charge is 0.404 e. The van der Waals surface area contributed by atoms with E-state index < -0.39 is 18.0 Å². The van der Waals surface area contributed by atoms with E-state index in [1.165, 1.54) is 5.56 Å². The maximum absolute atomic E-state index is 11.3. The van der Waals surface area contributed by atoms with Crippen molar-refractivity contribution < 1.29 is 19.0 Å². The standard InChI is InChI=1S/C16H23NO4S/c1-16(2)19-10-12(21-16)14(20-15(17)18)13(22-3)9-11-7-5-4-6-8-11/h4-8,12-14H,9-10H2,1-3H3,(H2,17,18)/t12-,13-,14?/m0/s1. The minimum absolute atomic E-state index is 0.0393. The van der Waals surface area contributed by atoms with E-state index in [0.717, 1.165) is 6.42 Å². The van der Waals surface area contributed by atoms with Gasteiger partial charge in [0.25, 0.3) is 0 Å².